The Bertz CT molecular complexity index is 287. The summed E-state index contributed by atoms with van der Waals surface area (Å²) >= 11 is 4.50. The van der Waals surface area contributed by atoms with Gasteiger partial charge < -0.3 is 9.47 Å². The molecule has 0 aliphatic carbocycles. The molecule has 0 bridgehead atoms. The van der Waals surface area contributed by atoms with Gasteiger partial charge in [0.05, 0.1) is 6.61 Å². The van der Waals surface area contributed by atoms with Crippen LogP contribution in [0, 0.1) is 0 Å². The van der Waals surface area contributed by atoms with Crippen molar-refractivity contribution in [3.63, 3.8) is 0 Å². The Morgan fingerprint density at radius 3 is 2.20 bits per heavy atom. The third kappa shape index (κ3) is 4.14. The molecular weight excluding hydrogens is 208 g/mol. The van der Waals surface area contributed by atoms with Gasteiger partial charge in [-0.05, 0) is 31.5 Å². The van der Waals surface area contributed by atoms with Crippen molar-refractivity contribution in [2.45, 2.75) is 18.6 Å². The second-order valence-corrected chi connectivity index (χ2v) is 5.04. The van der Waals surface area contributed by atoms with Gasteiger partial charge in [0, 0.05) is 11.9 Å². The van der Waals surface area contributed by atoms with E-state index in [1.807, 2.05) is 24.3 Å². The first-order valence-electron chi connectivity index (χ1n) is 4.98. The average Bonchev–Trinajstić information content (AvgIpc) is 2.18. The zero-order chi connectivity index (χ0) is 11.3. The summed E-state index contributed by atoms with van der Waals surface area (Å²) in [6, 6.07) is 8.00. The molecule has 0 spiro atoms. The van der Waals surface area contributed by atoms with Gasteiger partial charge in [0.25, 0.3) is 0 Å². The molecule has 0 aromatic heterocycles. The second-order valence-electron chi connectivity index (χ2n) is 3.92. The summed E-state index contributed by atoms with van der Waals surface area (Å²) in [4.78, 5) is 0. The zero-order valence-electron chi connectivity index (χ0n) is 9.49. The lowest BCUT2D eigenvalue weighted by molar-refractivity contribution is 0.146. The molecule has 0 unspecified atom stereocenters. The van der Waals surface area contributed by atoms with E-state index >= 15 is 0 Å². The normalized spacial score (nSPS) is 11.5. The molecule has 3 heteroatoms. The molecule has 0 aliphatic heterocycles. The van der Waals surface area contributed by atoms with Crippen LogP contribution in [0.3, 0.4) is 0 Å². The monoisotopic (exact) mass is 226 g/mol. The lowest BCUT2D eigenvalue weighted by Crippen LogP contribution is -2.08. The van der Waals surface area contributed by atoms with Gasteiger partial charge in [-0.15, -0.1) is 0 Å². The lowest BCUT2D eigenvalue weighted by atomic mass is 10.0. The third-order valence-corrected chi connectivity index (χ3v) is 2.38. The van der Waals surface area contributed by atoms with E-state index in [4.69, 9.17) is 9.47 Å². The summed E-state index contributed by atoms with van der Waals surface area (Å²) in [5.41, 5.74) is 1.19. The Balaban J connectivity index is 2.57. The maximum atomic E-state index is 5.46. The van der Waals surface area contributed by atoms with Crippen LogP contribution in [-0.2, 0) is 9.48 Å². The SMILES string of the molecule is COCCOc1ccc(C(C)(C)S)cc1. The molecule has 15 heavy (non-hydrogen) atoms. The van der Waals surface area contributed by atoms with E-state index in [-0.39, 0.29) is 4.75 Å². The molecule has 1 aromatic rings. The summed E-state index contributed by atoms with van der Waals surface area (Å²) in [6.45, 7) is 5.33. The van der Waals surface area contributed by atoms with Crippen LogP contribution in [-0.4, -0.2) is 20.3 Å². The Morgan fingerprint density at radius 2 is 1.73 bits per heavy atom. The predicted octanol–water partition coefficient (Wildman–Crippen LogP) is 2.88. The van der Waals surface area contributed by atoms with Gasteiger partial charge in [0.2, 0.25) is 0 Å². The van der Waals surface area contributed by atoms with Crippen LogP contribution in [0.2, 0.25) is 0 Å². The fraction of sp³-hybridized carbons (Fsp3) is 0.500. The largest absolute Gasteiger partial charge is 0.491 e. The first-order chi connectivity index (χ1) is 7.04. The number of hydrogen-bond donors (Lipinski definition) is 1. The van der Waals surface area contributed by atoms with E-state index in [0.29, 0.717) is 13.2 Å². The summed E-state index contributed by atoms with van der Waals surface area (Å²) in [5.74, 6) is 0.869. The van der Waals surface area contributed by atoms with Crippen molar-refractivity contribution in [3.8, 4) is 5.75 Å². The standard InChI is InChI=1S/C12H18O2S/c1-12(2,15)10-4-6-11(7-5-10)14-9-8-13-3/h4-7,15H,8-9H2,1-3H3. The maximum absolute atomic E-state index is 5.46. The summed E-state index contributed by atoms with van der Waals surface area (Å²) in [5, 5.41) is 0. The van der Waals surface area contributed by atoms with Crippen LogP contribution >= 0.6 is 12.6 Å². The molecule has 1 aromatic carbocycles. The van der Waals surface area contributed by atoms with E-state index in [1.165, 1.54) is 5.56 Å². The van der Waals surface area contributed by atoms with Gasteiger partial charge in [-0.2, -0.15) is 12.6 Å². The van der Waals surface area contributed by atoms with E-state index in [0.717, 1.165) is 5.75 Å². The van der Waals surface area contributed by atoms with Gasteiger partial charge in [-0.3, -0.25) is 0 Å². The van der Waals surface area contributed by atoms with E-state index in [9.17, 15) is 0 Å². The molecule has 2 nitrogen and oxygen atoms in total. The van der Waals surface area contributed by atoms with Crippen molar-refractivity contribution in [2.75, 3.05) is 20.3 Å². The van der Waals surface area contributed by atoms with Crippen LogP contribution in [0.5, 0.6) is 5.75 Å². The highest BCUT2D eigenvalue weighted by Gasteiger charge is 2.13. The van der Waals surface area contributed by atoms with Gasteiger partial charge in [-0.1, -0.05) is 12.1 Å². The van der Waals surface area contributed by atoms with Gasteiger partial charge in [-0.25, -0.2) is 0 Å². The smallest absolute Gasteiger partial charge is 0.119 e. The highest BCUT2D eigenvalue weighted by atomic mass is 32.1. The van der Waals surface area contributed by atoms with Crippen molar-refractivity contribution in [3.05, 3.63) is 29.8 Å². The summed E-state index contributed by atoms with van der Waals surface area (Å²) in [7, 11) is 1.66. The summed E-state index contributed by atoms with van der Waals surface area (Å²) in [6.07, 6.45) is 0. The number of benzene rings is 1. The van der Waals surface area contributed by atoms with E-state index in [1.54, 1.807) is 7.11 Å². The fourth-order valence-corrected chi connectivity index (χ4v) is 1.35. The highest BCUT2D eigenvalue weighted by molar-refractivity contribution is 7.81. The van der Waals surface area contributed by atoms with Gasteiger partial charge >= 0.3 is 0 Å². The molecule has 0 N–H and O–H groups in total. The molecule has 84 valence electrons. The van der Waals surface area contributed by atoms with Crippen molar-refractivity contribution in [1.82, 2.24) is 0 Å². The quantitative estimate of drug-likeness (QED) is 0.615. The lowest BCUT2D eigenvalue weighted by Gasteiger charge is -2.18. The molecule has 0 atom stereocenters. The number of ether oxygens (including phenoxy) is 2. The number of rotatable bonds is 5. The van der Waals surface area contributed by atoms with E-state index < -0.39 is 0 Å². The van der Waals surface area contributed by atoms with Crippen molar-refractivity contribution < 1.29 is 9.47 Å². The van der Waals surface area contributed by atoms with Crippen LogP contribution < -0.4 is 4.74 Å². The first-order valence-corrected chi connectivity index (χ1v) is 5.43. The second kappa shape index (κ2) is 5.42. The molecule has 0 amide bonds. The van der Waals surface area contributed by atoms with Crippen molar-refractivity contribution >= 4 is 12.6 Å². The van der Waals surface area contributed by atoms with Crippen LogP contribution in [0.4, 0.5) is 0 Å². The molecular formula is C12H18O2S. The minimum Gasteiger partial charge on any atom is -0.491 e. The Hall–Kier alpha value is -0.670. The number of hydrogen-bond acceptors (Lipinski definition) is 3. The average molecular weight is 226 g/mol. The topological polar surface area (TPSA) is 18.5 Å². The molecule has 0 heterocycles. The van der Waals surface area contributed by atoms with Gasteiger partial charge in [0.1, 0.15) is 12.4 Å². The van der Waals surface area contributed by atoms with Crippen molar-refractivity contribution in [2.24, 2.45) is 0 Å². The minimum atomic E-state index is -0.106. The predicted molar refractivity (Wildman–Crippen MR) is 65.8 cm³/mol. The molecule has 0 radical (unpaired) electrons. The Morgan fingerprint density at radius 1 is 1.13 bits per heavy atom. The first kappa shape index (κ1) is 12.4. The van der Waals surface area contributed by atoms with E-state index in [2.05, 4.69) is 26.5 Å². The molecule has 0 fully saturated rings. The van der Waals surface area contributed by atoms with Crippen LogP contribution in [0.15, 0.2) is 24.3 Å². The van der Waals surface area contributed by atoms with Gasteiger partial charge in [0.15, 0.2) is 0 Å². The fourth-order valence-electron chi connectivity index (χ4n) is 1.20. The Kier molecular flexibility index (Phi) is 4.48. The molecule has 0 saturated carbocycles. The number of thiol groups is 1. The molecule has 0 aliphatic rings. The summed E-state index contributed by atoms with van der Waals surface area (Å²) < 4.78 is 10.3. The van der Waals surface area contributed by atoms with Crippen LogP contribution in [0.25, 0.3) is 0 Å². The zero-order valence-corrected chi connectivity index (χ0v) is 10.4. The van der Waals surface area contributed by atoms with Crippen molar-refractivity contribution in [1.29, 1.82) is 0 Å². The third-order valence-electron chi connectivity index (χ3n) is 2.12. The highest BCUT2D eigenvalue weighted by Crippen LogP contribution is 2.28. The maximum Gasteiger partial charge on any atom is 0.119 e. The number of methoxy groups -OCH3 is 1. The molecule has 0 saturated heterocycles. The Labute approximate surface area is 97.0 Å². The molecule has 1 rings (SSSR count). The van der Waals surface area contributed by atoms with Crippen LogP contribution in [0.1, 0.15) is 19.4 Å². The minimum absolute atomic E-state index is 0.106.